The molecule has 3 heteroatoms. The van der Waals surface area contributed by atoms with Crippen LogP contribution in [-0.2, 0) is 0 Å². The summed E-state index contributed by atoms with van der Waals surface area (Å²) in [4.78, 5) is 6.90. The summed E-state index contributed by atoms with van der Waals surface area (Å²) >= 11 is 0. The lowest BCUT2D eigenvalue weighted by atomic mass is 10.0. The lowest BCUT2D eigenvalue weighted by Gasteiger charge is -2.37. The number of hydrogen-bond donors (Lipinski definition) is 1. The van der Waals surface area contributed by atoms with Gasteiger partial charge in [-0.15, -0.1) is 6.58 Å². The van der Waals surface area contributed by atoms with Gasteiger partial charge < -0.3 is 10.2 Å². The van der Waals surface area contributed by atoms with Crippen LogP contribution in [0.2, 0.25) is 0 Å². The number of anilines is 1. The van der Waals surface area contributed by atoms with E-state index in [1.54, 1.807) is 0 Å². The van der Waals surface area contributed by atoms with E-state index in [4.69, 9.17) is 0 Å². The van der Waals surface area contributed by atoms with Gasteiger partial charge in [0.2, 0.25) is 0 Å². The molecule has 0 spiro atoms. The molecule has 0 radical (unpaired) electrons. The molecule has 1 aromatic rings. The van der Waals surface area contributed by atoms with E-state index >= 15 is 0 Å². The summed E-state index contributed by atoms with van der Waals surface area (Å²) in [6.07, 6.45) is 3.79. The van der Waals surface area contributed by atoms with Crippen LogP contribution in [0.3, 0.4) is 0 Å². The quantitative estimate of drug-likeness (QED) is 0.794. The zero-order valence-electron chi connectivity index (χ0n) is 12.9. The Labute approximate surface area is 117 Å². The van der Waals surface area contributed by atoms with Gasteiger partial charge >= 0.3 is 0 Å². The van der Waals surface area contributed by atoms with Crippen LogP contribution in [0.4, 0.5) is 5.82 Å². The predicted octanol–water partition coefficient (Wildman–Crippen LogP) is 3.54. The Kier molecular flexibility index (Phi) is 5.55. The summed E-state index contributed by atoms with van der Waals surface area (Å²) in [5.74, 6) is 1.04. The highest BCUT2D eigenvalue weighted by atomic mass is 15.2. The predicted molar refractivity (Wildman–Crippen MR) is 83.6 cm³/mol. The Morgan fingerprint density at radius 3 is 2.68 bits per heavy atom. The van der Waals surface area contributed by atoms with Crippen LogP contribution < -0.4 is 10.2 Å². The minimum Gasteiger partial charge on any atom is -0.348 e. The SMILES string of the molecule is C=CCN(c1ncccc1C(C)NCC)C(C)(C)C. The first kappa shape index (κ1) is 15.7. The summed E-state index contributed by atoms with van der Waals surface area (Å²) in [5, 5.41) is 3.46. The monoisotopic (exact) mass is 261 g/mol. The fourth-order valence-corrected chi connectivity index (χ4v) is 2.20. The minimum absolute atomic E-state index is 0.0171. The van der Waals surface area contributed by atoms with Crippen LogP contribution in [-0.4, -0.2) is 23.6 Å². The van der Waals surface area contributed by atoms with Crippen LogP contribution in [0.15, 0.2) is 31.0 Å². The van der Waals surface area contributed by atoms with Crippen LogP contribution in [0.1, 0.15) is 46.2 Å². The first-order chi connectivity index (χ1) is 8.91. The van der Waals surface area contributed by atoms with Crippen molar-refractivity contribution >= 4 is 5.82 Å². The lowest BCUT2D eigenvalue weighted by molar-refractivity contribution is 0.509. The maximum atomic E-state index is 4.61. The van der Waals surface area contributed by atoms with E-state index in [1.807, 2.05) is 18.3 Å². The highest BCUT2D eigenvalue weighted by Crippen LogP contribution is 2.28. The van der Waals surface area contributed by atoms with Gasteiger partial charge in [0.15, 0.2) is 0 Å². The van der Waals surface area contributed by atoms with E-state index in [1.165, 1.54) is 5.56 Å². The maximum Gasteiger partial charge on any atom is 0.134 e. The van der Waals surface area contributed by atoms with E-state index in [0.29, 0.717) is 6.04 Å². The van der Waals surface area contributed by atoms with Crippen molar-refractivity contribution in [2.75, 3.05) is 18.0 Å². The third-order valence-corrected chi connectivity index (χ3v) is 3.17. The molecule has 1 unspecified atom stereocenters. The smallest absolute Gasteiger partial charge is 0.134 e. The Balaban J connectivity index is 3.19. The van der Waals surface area contributed by atoms with Crippen LogP contribution in [0, 0.1) is 0 Å². The maximum absolute atomic E-state index is 4.61. The van der Waals surface area contributed by atoms with Gasteiger partial charge in [0, 0.05) is 29.9 Å². The molecule has 1 rings (SSSR count). The fraction of sp³-hybridized carbons (Fsp3) is 0.562. The standard InChI is InChI=1S/C16H27N3/c1-7-12-19(16(4,5)6)15-14(10-9-11-18-15)13(3)17-8-2/h7,9-11,13,17H,1,8,12H2,2-6H3. The molecule has 0 aliphatic heterocycles. The fourth-order valence-electron chi connectivity index (χ4n) is 2.20. The molecule has 0 amide bonds. The molecule has 0 fully saturated rings. The van der Waals surface area contributed by atoms with Gasteiger partial charge in [-0.1, -0.05) is 19.1 Å². The largest absolute Gasteiger partial charge is 0.348 e. The van der Waals surface area contributed by atoms with Crippen molar-refractivity contribution in [1.82, 2.24) is 10.3 Å². The van der Waals surface area contributed by atoms with Crippen molar-refractivity contribution in [2.45, 2.75) is 46.2 Å². The van der Waals surface area contributed by atoms with Crippen LogP contribution >= 0.6 is 0 Å². The molecule has 1 atom stereocenters. The summed E-state index contributed by atoms with van der Waals surface area (Å²) in [6, 6.07) is 4.45. The number of rotatable bonds is 6. The van der Waals surface area contributed by atoms with E-state index in [2.05, 4.69) is 62.5 Å². The molecule has 1 aromatic heterocycles. The highest BCUT2D eigenvalue weighted by molar-refractivity contribution is 5.50. The molecule has 106 valence electrons. The molecule has 0 saturated heterocycles. The van der Waals surface area contributed by atoms with Crippen molar-refractivity contribution in [2.24, 2.45) is 0 Å². The molecule has 19 heavy (non-hydrogen) atoms. The Morgan fingerprint density at radius 1 is 1.47 bits per heavy atom. The molecule has 0 bridgehead atoms. The number of aromatic nitrogens is 1. The van der Waals surface area contributed by atoms with E-state index in [9.17, 15) is 0 Å². The number of nitrogens with zero attached hydrogens (tertiary/aromatic N) is 2. The second-order valence-corrected chi connectivity index (χ2v) is 5.77. The van der Waals surface area contributed by atoms with Crippen molar-refractivity contribution in [3.63, 3.8) is 0 Å². The first-order valence-electron chi connectivity index (χ1n) is 6.98. The third-order valence-electron chi connectivity index (χ3n) is 3.17. The summed E-state index contributed by atoms with van der Waals surface area (Å²) in [6.45, 7) is 16.5. The number of pyridine rings is 1. The topological polar surface area (TPSA) is 28.2 Å². The van der Waals surface area contributed by atoms with Crippen molar-refractivity contribution < 1.29 is 0 Å². The van der Waals surface area contributed by atoms with Gasteiger partial charge in [0.25, 0.3) is 0 Å². The van der Waals surface area contributed by atoms with E-state index in [0.717, 1.165) is 18.9 Å². The first-order valence-corrected chi connectivity index (χ1v) is 6.98. The highest BCUT2D eigenvalue weighted by Gasteiger charge is 2.25. The van der Waals surface area contributed by atoms with E-state index < -0.39 is 0 Å². The van der Waals surface area contributed by atoms with Gasteiger partial charge in [0.1, 0.15) is 5.82 Å². The second-order valence-electron chi connectivity index (χ2n) is 5.77. The van der Waals surface area contributed by atoms with Crippen LogP contribution in [0.25, 0.3) is 0 Å². The average molecular weight is 261 g/mol. The molecule has 0 aliphatic rings. The summed E-state index contributed by atoms with van der Waals surface area (Å²) in [7, 11) is 0. The molecule has 0 aromatic carbocycles. The molecule has 0 saturated carbocycles. The Morgan fingerprint density at radius 2 is 2.16 bits per heavy atom. The zero-order valence-corrected chi connectivity index (χ0v) is 12.9. The minimum atomic E-state index is 0.0171. The third kappa shape index (κ3) is 4.06. The van der Waals surface area contributed by atoms with Gasteiger partial charge in [-0.05, 0) is 40.3 Å². The van der Waals surface area contributed by atoms with Crippen molar-refractivity contribution in [1.29, 1.82) is 0 Å². The molecular weight excluding hydrogens is 234 g/mol. The summed E-state index contributed by atoms with van der Waals surface area (Å²) in [5.41, 5.74) is 1.25. The molecule has 0 aliphatic carbocycles. The summed E-state index contributed by atoms with van der Waals surface area (Å²) < 4.78 is 0. The van der Waals surface area contributed by atoms with Gasteiger partial charge in [0.05, 0.1) is 0 Å². The Hall–Kier alpha value is -1.35. The Bertz CT molecular complexity index is 407. The normalized spacial score (nSPS) is 13.1. The van der Waals surface area contributed by atoms with Crippen LogP contribution in [0.5, 0.6) is 0 Å². The number of nitrogens with one attached hydrogen (secondary N) is 1. The number of hydrogen-bond acceptors (Lipinski definition) is 3. The molecule has 3 nitrogen and oxygen atoms in total. The van der Waals surface area contributed by atoms with Gasteiger partial charge in [-0.2, -0.15) is 0 Å². The van der Waals surface area contributed by atoms with Crippen molar-refractivity contribution in [3.05, 3.63) is 36.5 Å². The average Bonchev–Trinajstić information content (AvgIpc) is 2.35. The lowest BCUT2D eigenvalue weighted by Crippen LogP contribution is -2.43. The van der Waals surface area contributed by atoms with Crippen molar-refractivity contribution in [3.8, 4) is 0 Å². The molecular formula is C16H27N3. The molecule has 1 heterocycles. The van der Waals surface area contributed by atoms with Gasteiger partial charge in [-0.3, -0.25) is 0 Å². The zero-order chi connectivity index (χ0) is 14.5. The second kappa shape index (κ2) is 6.71. The molecule has 1 N–H and O–H groups in total. The van der Waals surface area contributed by atoms with E-state index in [-0.39, 0.29) is 5.54 Å². The van der Waals surface area contributed by atoms with Gasteiger partial charge in [-0.25, -0.2) is 4.98 Å².